The van der Waals surface area contributed by atoms with Crippen LogP contribution in [0.2, 0.25) is 0 Å². The lowest BCUT2D eigenvalue weighted by molar-refractivity contribution is 0.0393. The zero-order valence-electron chi connectivity index (χ0n) is 14.6. The van der Waals surface area contributed by atoms with Gasteiger partial charge in [-0.05, 0) is 39.2 Å². The number of hydrogen-bond donors (Lipinski definition) is 0. The number of rotatable bonds is 4. The molecule has 1 atom stereocenters. The Morgan fingerprint density at radius 1 is 0.889 bits per heavy atom. The van der Waals surface area contributed by atoms with Gasteiger partial charge in [-0.15, -0.1) is 0 Å². The van der Waals surface area contributed by atoms with Crippen molar-refractivity contribution < 1.29 is 4.74 Å². The van der Waals surface area contributed by atoms with E-state index in [1.165, 1.54) is 18.4 Å². The molecule has 0 rings (SSSR count). The summed E-state index contributed by atoms with van der Waals surface area (Å²) in [7, 11) is 0. The van der Waals surface area contributed by atoms with Crippen molar-refractivity contribution in [1.82, 2.24) is 0 Å². The van der Waals surface area contributed by atoms with Gasteiger partial charge in [-0.1, -0.05) is 60.5 Å². The topological polar surface area (TPSA) is 9.23 Å². The zero-order chi connectivity index (χ0) is 15.1. The molecular formula is C17H38O. The van der Waals surface area contributed by atoms with Crippen molar-refractivity contribution in [2.45, 2.75) is 94.3 Å². The summed E-state index contributed by atoms with van der Waals surface area (Å²) in [6.45, 7) is 21.2. The molecule has 0 saturated carbocycles. The molecule has 0 aliphatic heterocycles. The van der Waals surface area contributed by atoms with Crippen LogP contribution in [-0.2, 0) is 4.74 Å². The van der Waals surface area contributed by atoms with Crippen LogP contribution in [0.1, 0.15) is 82.1 Å². The molecule has 0 heterocycles. The lowest BCUT2D eigenvalue weighted by atomic mass is 10.1. The van der Waals surface area contributed by atoms with Gasteiger partial charge in [-0.2, -0.15) is 0 Å². The highest BCUT2D eigenvalue weighted by Crippen LogP contribution is 2.10. The summed E-state index contributed by atoms with van der Waals surface area (Å²) in [5.41, 5.74) is 1.33. The smallest absolute Gasteiger partial charge is 0.0757 e. The van der Waals surface area contributed by atoms with Crippen LogP contribution in [0.25, 0.3) is 0 Å². The number of allylic oxidation sites excluding steroid dienone is 1. The molecule has 1 unspecified atom stereocenters. The van der Waals surface area contributed by atoms with Gasteiger partial charge in [0, 0.05) is 0 Å². The fourth-order valence-corrected chi connectivity index (χ4v) is 1.18. The molecule has 112 valence electrons. The summed E-state index contributed by atoms with van der Waals surface area (Å²) in [6, 6.07) is 0. The molecule has 0 N–H and O–H groups in total. The fraction of sp³-hybridized carbons (Fsp3) is 0.882. The Morgan fingerprint density at radius 2 is 1.22 bits per heavy atom. The van der Waals surface area contributed by atoms with Crippen LogP contribution >= 0.6 is 0 Å². The third kappa shape index (κ3) is 24.8. The number of ether oxygens (including phenoxy) is 1. The van der Waals surface area contributed by atoms with Crippen molar-refractivity contribution in [3.8, 4) is 0 Å². The molecule has 0 fully saturated rings. The molecular weight excluding hydrogens is 220 g/mol. The highest BCUT2D eigenvalue weighted by atomic mass is 16.5. The lowest BCUT2D eigenvalue weighted by Crippen LogP contribution is -2.15. The molecule has 18 heavy (non-hydrogen) atoms. The van der Waals surface area contributed by atoms with E-state index in [2.05, 4.69) is 75.3 Å². The first-order chi connectivity index (χ1) is 8.26. The van der Waals surface area contributed by atoms with Crippen LogP contribution in [0.4, 0.5) is 0 Å². The maximum atomic E-state index is 5.64. The summed E-state index contributed by atoms with van der Waals surface area (Å²) in [5, 5.41) is 0. The van der Waals surface area contributed by atoms with Crippen LogP contribution in [0, 0.1) is 5.92 Å². The van der Waals surface area contributed by atoms with E-state index in [0.717, 1.165) is 0 Å². The summed E-state index contributed by atoms with van der Waals surface area (Å²) in [4.78, 5) is 0. The minimum absolute atomic E-state index is 0.257. The summed E-state index contributed by atoms with van der Waals surface area (Å²) < 4.78 is 5.64. The Balaban J connectivity index is -0.000000315. The van der Waals surface area contributed by atoms with Gasteiger partial charge in [-0.3, -0.25) is 0 Å². The minimum Gasteiger partial charge on any atom is -0.372 e. The second kappa shape index (κ2) is 16.7. The van der Waals surface area contributed by atoms with Crippen molar-refractivity contribution in [3.05, 3.63) is 11.6 Å². The standard InChI is InChI=1S/C11H22O.2C3H8/c1-8(2)7-10(5)11(6)12-9(3)4;2*1-3-2/h7-9,11H,1-6H3;2*3H2,1-2H3/b10-7-;;. The van der Waals surface area contributed by atoms with Crippen molar-refractivity contribution in [1.29, 1.82) is 0 Å². The molecule has 0 bridgehead atoms. The Bertz CT molecular complexity index is 166. The lowest BCUT2D eigenvalue weighted by Gasteiger charge is -2.17. The third-order valence-corrected chi connectivity index (χ3v) is 1.71. The minimum atomic E-state index is 0.257. The first kappa shape index (κ1) is 22.8. The van der Waals surface area contributed by atoms with Gasteiger partial charge >= 0.3 is 0 Å². The van der Waals surface area contributed by atoms with Crippen LogP contribution in [0.3, 0.4) is 0 Å². The second-order valence-electron chi connectivity index (χ2n) is 5.40. The quantitative estimate of drug-likeness (QED) is 0.543. The van der Waals surface area contributed by atoms with E-state index in [-0.39, 0.29) is 6.10 Å². The average molecular weight is 258 g/mol. The predicted octanol–water partition coefficient (Wildman–Crippen LogP) is 6.23. The highest BCUT2D eigenvalue weighted by Gasteiger charge is 2.06. The molecule has 0 amide bonds. The Kier molecular flexibility index (Phi) is 21.2. The van der Waals surface area contributed by atoms with Crippen LogP contribution in [0.15, 0.2) is 11.6 Å². The van der Waals surface area contributed by atoms with Crippen molar-refractivity contribution in [2.75, 3.05) is 0 Å². The van der Waals surface area contributed by atoms with Gasteiger partial charge in [-0.25, -0.2) is 0 Å². The van der Waals surface area contributed by atoms with Crippen LogP contribution in [0.5, 0.6) is 0 Å². The summed E-state index contributed by atoms with van der Waals surface area (Å²) in [5.74, 6) is 0.614. The maximum absolute atomic E-state index is 5.64. The first-order valence-corrected chi connectivity index (χ1v) is 7.60. The molecule has 0 aromatic carbocycles. The molecule has 1 heteroatoms. The number of hydrogen-bond acceptors (Lipinski definition) is 1. The Labute approximate surface area is 117 Å². The second-order valence-corrected chi connectivity index (χ2v) is 5.40. The van der Waals surface area contributed by atoms with Gasteiger partial charge in [0.2, 0.25) is 0 Å². The Hall–Kier alpha value is -0.300. The van der Waals surface area contributed by atoms with E-state index < -0.39 is 0 Å². The predicted molar refractivity (Wildman–Crippen MR) is 86.2 cm³/mol. The molecule has 0 aliphatic carbocycles. The molecule has 0 aliphatic rings. The molecule has 0 spiro atoms. The monoisotopic (exact) mass is 258 g/mol. The first-order valence-electron chi connectivity index (χ1n) is 7.60. The van der Waals surface area contributed by atoms with E-state index >= 15 is 0 Å². The van der Waals surface area contributed by atoms with Gasteiger partial charge in [0.1, 0.15) is 0 Å². The van der Waals surface area contributed by atoms with Crippen LogP contribution < -0.4 is 0 Å². The fourth-order valence-electron chi connectivity index (χ4n) is 1.18. The van der Waals surface area contributed by atoms with Gasteiger partial charge in [0.15, 0.2) is 0 Å². The van der Waals surface area contributed by atoms with Crippen molar-refractivity contribution >= 4 is 0 Å². The highest BCUT2D eigenvalue weighted by molar-refractivity contribution is 5.04. The van der Waals surface area contributed by atoms with Crippen LogP contribution in [-0.4, -0.2) is 12.2 Å². The normalized spacial score (nSPS) is 12.6. The van der Waals surface area contributed by atoms with Gasteiger partial charge in [0.25, 0.3) is 0 Å². The van der Waals surface area contributed by atoms with Gasteiger partial charge < -0.3 is 4.74 Å². The van der Waals surface area contributed by atoms with E-state index in [4.69, 9.17) is 4.74 Å². The van der Waals surface area contributed by atoms with E-state index in [0.29, 0.717) is 12.0 Å². The zero-order valence-corrected chi connectivity index (χ0v) is 14.6. The third-order valence-electron chi connectivity index (χ3n) is 1.71. The molecule has 0 saturated heterocycles. The van der Waals surface area contributed by atoms with Crippen molar-refractivity contribution in [2.24, 2.45) is 5.92 Å². The van der Waals surface area contributed by atoms with Crippen molar-refractivity contribution in [3.63, 3.8) is 0 Å². The maximum Gasteiger partial charge on any atom is 0.0757 e. The Morgan fingerprint density at radius 3 is 1.44 bits per heavy atom. The average Bonchev–Trinajstić information content (AvgIpc) is 2.17. The molecule has 0 aromatic rings. The van der Waals surface area contributed by atoms with E-state index in [1.54, 1.807) is 0 Å². The van der Waals surface area contributed by atoms with E-state index in [9.17, 15) is 0 Å². The van der Waals surface area contributed by atoms with Gasteiger partial charge in [0.05, 0.1) is 12.2 Å². The largest absolute Gasteiger partial charge is 0.372 e. The van der Waals surface area contributed by atoms with E-state index in [1.807, 2.05) is 0 Å². The summed E-state index contributed by atoms with van der Waals surface area (Å²) in [6.07, 6.45) is 5.33. The molecule has 1 nitrogen and oxygen atoms in total. The molecule has 0 radical (unpaired) electrons. The molecule has 0 aromatic heterocycles. The SMILES string of the molecule is C/C(=C/C(C)C)C(C)OC(C)C.CCC.CCC. The summed E-state index contributed by atoms with van der Waals surface area (Å²) >= 11 is 0.